The van der Waals surface area contributed by atoms with Crippen LogP contribution in [0.1, 0.15) is 12.2 Å². The van der Waals surface area contributed by atoms with Gasteiger partial charge in [0.05, 0.1) is 30.9 Å². The van der Waals surface area contributed by atoms with E-state index < -0.39 is 10.0 Å². The third kappa shape index (κ3) is 4.81. The molecule has 1 saturated heterocycles. The lowest BCUT2D eigenvalue weighted by molar-refractivity contribution is 0.0368. The van der Waals surface area contributed by atoms with Gasteiger partial charge in [-0.25, -0.2) is 8.42 Å². The van der Waals surface area contributed by atoms with Gasteiger partial charge in [-0.15, -0.1) is 0 Å². The van der Waals surface area contributed by atoms with Crippen molar-refractivity contribution < 1.29 is 17.6 Å². The Morgan fingerprint density at radius 3 is 2.70 bits per heavy atom. The van der Waals surface area contributed by atoms with Crippen molar-refractivity contribution in [3.05, 3.63) is 64.8 Å². The molecule has 1 aromatic carbocycles. The van der Waals surface area contributed by atoms with Crippen molar-refractivity contribution in [2.75, 3.05) is 39.4 Å². The van der Waals surface area contributed by atoms with E-state index in [4.69, 9.17) is 9.15 Å². The van der Waals surface area contributed by atoms with Gasteiger partial charge in [0, 0.05) is 31.2 Å². The molecule has 1 aliphatic heterocycles. The number of H-pyrrole nitrogens is 1. The number of nitrogens with one attached hydrogen (secondary N) is 1. The fraction of sp³-hybridized carbons (Fsp3) is 0.381. The summed E-state index contributed by atoms with van der Waals surface area (Å²) in [4.78, 5) is 16.7. The number of sulfonamides is 1. The normalized spacial score (nSPS) is 15.8. The maximum Gasteiger partial charge on any atom is 0.248 e. The number of rotatable bonds is 8. The minimum absolute atomic E-state index is 0.169. The molecule has 0 atom stereocenters. The van der Waals surface area contributed by atoms with Gasteiger partial charge in [-0.2, -0.15) is 4.31 Å². The lowest BCUT2D eigenvalue weighted by atomic mass is 10.2. The van der Waals surface area contributed by atoms with E-state index in [1.165, 1.54) is 16.4 Å². The number of morpholine rings is 1. The molecule has 2 aromatic heterocycles. The van der Waals surface area contributed by atoms with E-state index in [1.54, 1.807) is 36.6 Å². The average molecular weight is 432 g/mol. The van der Waals surface area contributed by atoms with E-state index in [2.05, 4.69) is 9.88 Å². The minimum atomic E-state index is -3.74. The summed E-state index contributed by atoms with van der Waals surface area (Å²) >= 11 is 0. The quantitative estimate of drug-likeness (QED) is 0.586. The predicted octanol–water partition coefficient (Wildman–Crippen LogP) is 2.03. The smallest absolute Gasteiger partial charge is 0.248 e. The molecular formula is C21H25N3O5S. The van der Waals surface area contributed by atoms with Crippen molar-refractivity contribution >= 4 is 20.9 Å². The molecule has 0 unspecified atom stereocenters. The largest absolute Gasteiger partial charge is 0.468 e. The fourth-order valence-corrected chi connectivity index (χ4v) is 5.08. The zero-order valence-electron chi connectivity index (χ0n) is 16.6. The highest BCUT2D eigenvalue weighted by Crippen LogP contribution is 2.22. The van der Waals surface area contributed by atoms with Crippen molar-refractivity contribution in [1.82, 2.24) is 14.2 Å². The maximum absolute atomic E-state index is 13.4. The number of aromatic nitrogens is 1. The topological polar surface area (TPSA) is 95.8 Å². The van der Waals surface area contributed by atoms with E-state index in [0.29, 0.717) is 42.8 Å². The van der Waals surface area contributed by atoms with Crippen molar-refractivity contribution in [2.45, 2.75) is 17.9 Å². The minimum Gasteiger partial charge on any atom is -0.468 e. The molecule has 0 bridgehead atoms. The molecule has 30 heavy (non-hydrogen) atoms. The van der Waals surface area contributed by atoms with E-state index in [0.717, 1.165) is 19.6 Å². The number of ether oxygens (including phenoxy) is 1. The van der Waals surface area contributed by atoms with Crippen LogP contribution in [-0.4, -0.2) is 62.0 Å². The summed E-state index contributed by atoms with van der Waals surface area (Å²) in [6.07, 6.45) is 2.25. The van der Waals surface area contributed by atoms with Crippen LogP contribution in [0.25, 0.3) is 10.9 Å². The maximum atomic E-state index is 13.4. The Morgan fingerprint density at radius 1 is 1.10 bits per heavy atom. The summed E-state index contributed by atoms with van der Waals surface area (Å²) in [6.45, 7) is 4.53. The van der Waals surface area contributed by atoms with Gasteiger partial charge in [0.2, 0.25) is 15.6 Å². The Labute approximate surface area is 175 Å². The zero-order chi connectivity index (χ0) is 21.0. The molecule has 8 nitrogen and oxygen atoms in total. The highest BCUT2D eigenvalue weighted by atomic mass is 32.2. The van der Waals surface area contributed by atoms with Gasteiger partial charge in [-0.3, -0.25) is 9.69 Å². The predicted molar refractivity (Wildman–Crippen MR) is 113 cm³/mol. The van der Waals surface area contributed by atoms with Gasteiger partial charge in [0.25, 0.3) is 0 Å². The number of fused-ring (bicyclic) bond motifs is 1. The number of pyridine rings is 1. The van der Waals surface area contributed by atoms with Gasteiger partial charge in [0.15, 0.2) is 0 Å². The van der Waals surface area contributed by atoms with Crippen LogP contribution in [0.3, 0.4) is 0 Å². The molecule has 160 valence electrons. The molecular weight excluding hydrogens is 406 g/mol. The lowest BCUT2D eigenvalue weighted by Gasteiger charge is -2.28. The second-order valence-electron chi connectivity index (χ2n) is 7.30. The average Bonchev–Trinajstić information content (AvgIpc) is 3.26. The fourth-order valence-electron chi connectivity index (χ4n) is 3.60. The van der Waals surface area contributed by atoms with Crippen LogP contribution in [0.5, 0.6) is 0 Å². The molecule has 0 spiro atoms. The Morgan fingerprint density at radius 2 is 1.93 bits per heavy atom. The SMILES string of the molecule is O=c1ccc2cc(S(=O)(=O)N(CCCN3CCOCC3)Cc3ccco3)ccc2[nH]1. The van der Waals surface area contributed by atoms with Crippen molar-refractivity contribution in [2.24, 2.45) is 0 Å². The molecule has 1 N–H and O–H groups in total. The van der Waals surface area contributed by atoms with Crippen LogP contribution in [0, 0.1) is 0 Å². The van der Waals surface area contributed by atoms with Crippen molar-refractivity contribution in [3.63, 3.8) is 0 Å². The standard InChI is InChI=1S/C21H25N3O5S/c25-21-7-4-17-15-19(5-6-20(17)22-21)30(26,27)24(16-18-3-1-12-29-18)9-2-8-23-10-13-28-14-11-23/h1,3-7,12,15H,2,8-11,13-14,16H2,(H,22,25). The first kappa shape index (κ1) is 20.8. The number of hydrogen-bond donors (Lipinski definition) is 1. The summed E-state index contributed by atoms with van der Waals surface area (Å²) in [7, 11) is -3.74. The number of hydrogen-bond acceptors (Lipinski definition) is 6. The molecule has 1 fully saturated rings. The first-order valence-electron chi connectivity index (χ1n) is 9.98. The van der Waals surface area contributed by atoms with E-state index in [-0.39, 0.29) is 17.0 Å². The Hall–Kier alpha value is -2.46. The van der Waals surface area contributed by atoms with Gasteiger partial charge in [0.1, 0.15) is 5.76 Å². The monoisotopic (exact) mass is 431 g/mol. The molecule has 0 aliphatic carbocycles. The molecule has 3 aromatic rings. The van der Waals surface area contributed by atoms with Crippen LogP contribution >= 0.6 is 0 Å². The second kappa shape index (κ2) is 9.13. The lowest BCUT2D eigenvalue weighted by Crippen LogP contribution is -2.39. The number of aromatic amines is 1. The molecule has 4 rings (SSSR count). The molecule has 0 radical (unpaired) electrons. The molecule has 1 aliphatic rings. The van der Waals surface area contributed by atoms with Gasteiger partial charge in [-0.1, -0.05) is 0 Å². The summed E-state index contributed by atoms with van der Waals surface area (Å²) in [5.41, 5.74) is 0.381. The second-order valence-corrected chi connectivity index (χ2v) is 9.24. The summed E-state index contributed by atoms with van der Waals surface area (Å²) in [5, 5.41) is 0.668. The van der Waals surface area contributed by atoms with Crippen LogP contribution in [0.4, 0.5) is 0 Å². The zero-order valence-corrected chi connectivity index (χ0v) is 17.4. The van der Waals surface area contributed by atoms with Crippen molar-refractivity contribution in [3.8, 4) is 0 Å². The summed E-state index contributed by atoms with van der Waals surface area (Å²) < 4.78 is 39.1. The summed E-state index contributed by atoms with van der Waals surface area (Å²) in [6, 6.07) is 11.3. The highest BCUT2D eigenvalue weighted by Gasteiger charge is 2.26. The Kier molecular flexibility index (Phi) is 6.33. The van der Waals surface area contributed by atoms with Crippen molar-refractivity contribution in [1.29, 1.82) is 0 Å². The highest BCUT2D eigenvalue weighted by molar-refractivity contribution is 7.89. The molecule has 9 heteroatoms. The first-order chi connectivity index (χ1) is 14.5. The van der Waals surface area contributed by atoms with Crippen LogP contribution in [0.2, 0.25) is 0 Å². The number of furan rings is 1. The van der Waals surface area contributed by atoms with E-state index in [9.17, 15) is 13.2 Å². The van der Waals surface area contributed by atoms with E-state index in [1.807, 2.05) is 0 Å². The Bertz CT molecular complexity index is 1130. The number of benzene rings is 1. The number of nitrogens with zero attached hydrogens (tertiary/aromatic N) is 2. The third-order valence-corrected chi connectivity index (χ3v) is 7.07. The Balaban J connectivity index is 1.55. The molecule has 3 heterocycles. The third-order valence-electron chi connectivity index (χ3n) is 5.23. The van der Waals surface area contributed by atoms with E-state index >= 15 is 0 Å². The molecule has 0 amide bonds. The van der Waals surface area contributed by atoms with Crippen LogP contribution in [-0.2, 0) is 21.3 Å². The van der Waals surface area contributed by atoms with Gasteiger partial charge >= 0.3 is 0 Å². The van der Waals surface area contributed by atoms with Crippen LogP contribution < -0.4 is 5.56 Å². The van der Waals surface area contributed by atoms with Crippen LogP contribution in [0.15, 0.2) is 62.8 Å². The van der Waals surface area contributed by atoms with Gasteiger partial charge < -0.3 is 14.1 Å². The first-order valence-corrected chi connectivity index (χ1v) is 11.4. The van der Waals surface area contributed by atoms with Gasteiger partial charge in [-0.05, 0) is 54.8 Å². The molecule has 0 saturated carbocycles. The summed E-state index contributed by atoms with van der Waals surface area (Å²) in [5.74, 6) is 0.593.